The van der Waals surface area contributed by atoms with Gasteiger partial charge in [0, 0.05) is 6.42 Å². The molecule has 0 fully saturated rings. The molecule has 0 aliphatic heterocycles. The van der Waals surface area contributed by atoms with Crippen molar-refractivity contribution in [2.75, 3.05) is 0 Å². The molecular formula is C16H26F6O3. The first-order valence-electron chi connectivity index (χ1n) is 7.95. The quantitative estimate of drug-likeness (QED) is 0.506. The summed E-state index contributed by atoms with van der Waals surface area (Å²) < 4.78 is 81.2. The standard InChI is InChI=1S/C16H26F6O3/c1-9(2)7-13(6,10(3)4)12(23)25-11(5)8-14(24,15(17,18)19)16(20,21)22/h9-11,24H,7-8H2,1-6H3. The van der Waals surface area contributed by atoms with Crippen molar-refractivity contribution in [3.8, 4) is 0 Å². The molecule has 9 heteroatoms. The van der Waals surface area contributed by atoms with Gasteiger partial charge >= 0.3 is 18.3 Å². The highest BCUT2D eigenvalue weighted by Crippen LogP contribution is 2.46. The number of alkyl halides is 6. The van der Waals surface area contributed by atoms with E-state index < -0.39 is 41.9 Å². The molecule has 0 saturated heterocycles. The van der Waals surface area contributed by atoms with E-state index in [9.17, 15) is 36.2 Å². The molecule has 25 heavy (non-hydrogen) atoms. The van der Waals surface area contributed by atoms with E-state index in [1.807, 2.05) is 13.8 Å². The highest BCUT2D eigenvalue weighted by molar-refractivity contribution is 5.76. The summed E-state index contributed by atoms with van der Waals surface area (Å²) in [6.07, 6.45) is -15.1. The van der Waals surface area contributed by atoms with Gasteiger partial charge in [-0.3, -0.25) is 4.79 Å². The van der Waals surface area contributed by atoms with E-state index in [0.717, 1.165) is 6.92 Å². The third-order valence-electron chi connectivity index (χ3n) is 4.40. The summed E-state index contributed by atoms with van der Waals surface area (Å²) in [5.41, 5.74) is -6.00. The Bertz CT molecular complexity index is 442. The van der Waals surface area contributed by atoms with Crippen LogP contribution in [0.4, 0.5) is 26.3 Å². The van der Waals surface area contributed by atoms with E-state index in [1.54, 1.807) is 20.8 Å². The zero-order chi connectivity index (χ0) is 20.4. The first-order chi connectivity index (χ1) is 10.9. The minimum Gasteiger partial charge on any atom is -0.462 e. The van der Waals surface area contributed by atoms with Gasteiger partial charge in [-0.05, 0) is 32.1 Å². The van der Waals surface area contributed by atoms with Gasteiger partial charge in [0.1, 0.15) is 6.10 Å². The van der Waals surface area contributed by atoms with Crippen molar-refractivity contribution in [3.05, 3.63) is 0 Å². The summed E-state index contributed by atoms with van der Waals surface area (Å²) in [6.45, 7) is 9.57. The largest absolute Gasteiger partial charge is 0.462 e. The molecule has 0 spiro atoms. The maximum Gasteiger partial charge on any atom is 0.426 e. The number of rotatable bonds is 7. The van der Waals surface area contributed by atoms with E-state index in [0.29, 0.717) is 6.42 Å². The number of hydrogen-bond donors (Lipinski definition) is 1. The predicted molar refractivity (Wildman–Crippen MR) is 79.6 cm³/mol. The second-order valence-corrected chi connectivity index (χ2v) is 7.45. The van der Waals surface area contributed by atoms with Crippen LogP contribution in [0.2, 0.25) is 0 Å². The van der Waals surface area contributed by atoms with Crippen LogP contribution in [0.25, 0.3) is 0 Å². The van der Waals surface area contributed by atoms with Gasteiger partial charge < -0.3 is 9.84 Å². The van der Waals surface area contributed by atoms with Gasteiger partial charge in [-0.2, -0.15) is 26.3 Å². The smallest absolute Gasteiger partial charge is 0.426 e. The Morgan fingerprint density at radius 1 is 0.920 bits per heavy atom. The molecule has 2 unspecified atom stereocenters. The lowest BCUT2D eigenvalue weighted by Gasteiger charge is -2.37. The molecule has 0 aliphatic carbocycles. The lowest BCUT2D eigenvalue weighted by atomic mass is 9.73. The molecule has 0 aliphatic rings. The van der Waals surface area contributed by atoms with Gasteiger partial charge in [0.2, 0.25) is 0 Å². The highest BCUT2D eigenvalue weighted by atomic mass is 19.4. The van der Waals surface area contributed by atoms with Crippen LogP contribution in [0.15, 0.2) is 0 Å². The van der Waals surface area contributed by atoms with Gasteiger partial charge in [-0.15, -0.1) is 0 Å². The van der Waals surface area contributed by atoms with Crippen LogP contribution in [-0.4, -0.2) is 35.1 Å². The fourth-order valence-electron chi connectivity index (χ4n) is 2.57. The molecule has 0 aromatic carbocycles. The lowest BCUT2D eigenvalue weighted by Crippen LogP contribution is -2.58. The van der Waals surface area contributed by atoms with Crippen LogP contribution >= 0.6 is 0 Å². The Morgan fingerprint density at radius 2 is 1.32 bits per heavy atom. The maximum atomic E-state index is 12.7. The Labute approximate surface area is 143 Å². The van der Waals surface area contributed by atoms with Crippen LogP contribution in [0.1, 0.15) is 54.4 Å². The normalized spacial score (nSPS) is 17.6. The molecule has 150 valence electrons. The number of hydrogen-bond acceptors (Lipinski definition) is 3. The van der Waals surface area contributed by atoms with Crippen molar-refractivity contribution in [2.45, 2.75) is 78.4 Å². The number of aliphatic hydroxyl groups is 1. The van der Waals surface area contributed by atoms with E-state index in [2.05, 4.69) is 0 Å². The number of esters is 1. The van der Waals surface area contributed by atoms with E-state index in [1.165, 1.54) is 0 Å². The average Bonchev–Trinajstić information content (AvgIpc) is 2.34. The summed E-state index contributed by atoms with van der Waals surface area (Å²) in [7, 11) is 0. The van der Waals surface area contributed by atoms with Crippen LogP contribution in [0, 0.1) is 17.3 Å². The molecule has 0 aromatic rings. The van der Waals surface area contributed by atoms with Gasteiger partial charge in [-0.25, -0.2) is 0 Å². The van der Waals surface area contributed by atoms with E-state index in [-0.39, 0.29) is 11.8 Å². The zero-order valence-electron chi connectivity index (χ0n) is 15.2. The third-order valence-corrected chi connectivity index (χ3v) is 4.40. The average molecular weight is 380 g/mol. The maximum absolute atomic E-state index is 12.7. The molecule has 0 aromatic heterocycles. The minimum atomic E-state index is -5.94. The van der Waals surface area contributed by atoms with Crippen LogP contribution in [0.5, 0.6) is 0 Å². The Kier molecular flexibility index (Phi) is 7.41. The molecule has 0 saturated carbocycles. The number of halogens is 6. The first-order valence-corrected chi connectivity index (χ1v) is 7.95. The Hall–Kier alpha value is -0.990. The molecule has 3 nitrogen and oxygen atoms in total. The van der Waals surface area contributed by atoms with Crippen LogP contribution in [0.3, 0.4) is 0 Å². The zero-order valence-corrected chi connectivity index (χ0v) is 15.2. The van der Waals surface area contributed by atoms with Gasteiger partial charge in [0.05, 0.1) is 5.41 Å². The van der Waals surface area contributed by atoms with Crippen molar-refractivity contribution < 1.29 is 41.0 Å². The predicted octanol–water partition coefficient (Wildman–Crippen LogP) is 4.87. The molecule has 0 amide bonds. The van der Waals surface area contributed by atoms with Crippen molar-refractivity contribution in [3.63, 3.8) is 0 Å². The first kappa shape index (κ1) is 24.0. The van der Waals surface area contributed by atoms with Crippen molar-refractivity contribution in [1.29, 1.82) is 0 Å². The van der Waals surface area contributed by atoms with Gasteiger partial charge in [-0.1, -0.05) is 27.7 Å². The fourth-order valence-corrected chi connectivity index (χ4v) is 2.57. The van der Waals surface area contributed by atoms with Gasteiger partial charge in [0.25, 0.3) is 5.60 Å². The van der Waals surface area contributed by atoms with Crippen molar-refractivity contribution >= 4 is 5.97 Å². The van der Waals surface area contributed by atoms with Crippen LogP contribution in [-0.2, 0) is 9.53 Å². The number of ether oxygens (including phenoxy) is 1. The Morgan fingerprint density at radius 3 is 1.60 bits per heavy atom. The second kappa shape index (κ2) is 7.72. The Balaban J connectivity index is 5.38. The molecule has 2 atom stereocenters. The van der Waals surface area contributed by atoms with Gasteiger partial charge in [0.15, 0.2) is 0 Å². The summed E-state index contributed by atoms with van der Waals surface area (Å²) in [6, 6.07) is 0. The fraction of sp³-hybridized carbons (Fsp3) is 0.938. The molecular weight excluding hydrogens is 354 g/mol. The molecule has 0 heterocycles. The SMILES string of the molecule is CC(C)CC(C)(C(=O)OC(C)CC(O)(C(F)(F)F)C(F)(F)F)C(C)C. The molecule has 0 bridgehead atoms. The topological polar surface area (TPSA) is 46.5 Å². The summed E-state index contributed by atoms with van der Waals surface area (Å²) in [4.78, 5) is 12.4. The molecule has 1 N–H and O–H groups in total. The lowest BCUT2D eigenvalue weighted by molar-refractivity contribution is -0.373. The number of carbonyl (C=O) groups is 1. The van der Waals surface area contributed by atoms with E-state index >= 15 is 0 Å². The monoisotopic (exact) mass is 380 g/mol. The summed E-state index contributed by atoms with van der Waals surface area (Å²) in [5, 5.41) is 9.18. The summed E-state index contributed by atoms with van der Waals surface area (Å²) in [5.74, 6) is -1.05. The van der Waals surface area contributed by atoms with Crippen LogP contribution < -0.4 is 0 Å². The van der Waals surface area contributed by atoms with Crippen molar-refractivity contribution in [2.24, 2.45) is 17.3 Å². The third kappa shape index (κ3) is 5.49. The summed E-state index contributed by atoms with van der Waals surface area (Å²) >= 11 is 0. The number of carbonyl (C=O) groups excluding carboxylic acids is 1. The highest BCUT2D eigenvalue weighted by Gasteiger charge is 2.70. The van der Waals surface area contributed by atoms with Crippen molar-refractivity contribution in [1.82, 2.24) is 0 Å². The molecule has 0 radical (unpaired) electrons. The molecule has 0 rings (SSSR count). The second-order valence-electron chi connectivity index (χ2n) is 7.45. The van der Waals surface area contributed by atoms with E-state index in [4.69, 9.17) is 4.74 Å². The minimum absolute atomic E-state index is 0.0672.